The predicted molar refractivity (Wildman–Crippen MR) is 93.0 cm³/mol. The predicted octanol–water partition coefficient (Wildman–Crippen LogP) is 3.52. The molecular formula is C18H18N2O2S. The van der Waals surface area contributed by atoms with Crippen LogP contribution < -0.4 is 9.88 Å². The SMILES string of the molecule is CCOc1ccc(-c2cccn2-c2ccc(S(N)=O)cc2)cc1. The van der Waals surface area contributed by atoms with Crippen LogP contribution in [-0.4, -0.2) is 15.4 Å². The minimum Gasteiger partial charge on any atom is -0.494 e. The Hall–Kier alpha value is -2.37. The first-order valence-corrected chi connectivity index (χ1v) is 8.57. The number of benzene rings is 2. The van der Waals surface area contributed by atoms with Crippen LogP contribution in [0.15, 0.2) is 71.8 Å². The zero-order valence-electron chi connectivity index (χ0n) is 12.8. The average Bonchev–Trinajstić information content (AvgIpc) is 3.05. The minimum absolute atomic E-state index is 0.614. The second-order valence-electron chi connectivity index (χ2n) is 5.01. The van der Waals surface area contributed by atoms with Crippen molar-refractivity contribution in [2.75, 3.05) is 6.61 Å². The van der Waals surface area contributed by atoms with Crippen LogP contribution in [0, 0.1) is 0 Å². The van der Waals surface area contributed by atoms with E-state index >= 15 is 0 Å². The summed E-state index contributed by atoms with van der Waals surface area (Å²) in [6.07, 6.45) is 2.00. The van der Waals surface area contributed by atoms with Gasteiger partial charge in [0.15, 0.2) is 0 Å². The van der Waals surface area contributed by atoms with Gasteiger partial charge in [-0.15, -0.1) is 0 Å². The van der Waals surface area contributed by atoms with Crippen molar-refractivity contribution in [2.45, 2.75) is 11.8 Å². The second-order valence-corrected chi connectivity index (χ2v) is 6.08. The summed E-state index contributed by atoms with van der Waals surface area (Å²) in [6, 6.07) is 19.5. The molecule has 1 unspecified atom stereocenters. The van der Waals surface area contributed by atoms with Crippen LogP contribution in [0.3, 0.4) is 0 Å². The van der Waals surface area contributed by atoms with Crippen LogP contribution in [0.25, 0.3) is 16.9 Å². The van der Waals surface area contributed by atoms with Crippen LogP contribution >= 0.6 is 0 Å². The molecule has 0 radical (unpaired) electrons. The Bertz CT molecular complexity index is 808. The first-order valence-electron chi connectivity index (χ1n) is 7.36. The third-order valence-corrected chi connectivity index (χ3v) is 4.29. The molecule has 0 saturated carbocycles. The maximum Gasteiger partial charge on any atom is 0.122 e. The number of rotatable bonds is 5. The molecule has 1 atom stereocenters. The van der Waals surface area contributed by atoms with Gasteiger partial charge in [0.2, 0.25) is 0 Å². The van der Waals surface area contributed by atoms with E-state index in [9.17, 15) is 4.21 Å². The van der Waals surface area contributed by atoms with E-state index in [0.717, 1.165) is 22.7 Å². The number of hydrogen-bond donors (Lipinski definition) is 1. The van der Waals surface area contributed by atoms with E-state index in [0.29, 0.717) is 11.5 Å². The van der Waals surface area contributed by atoms with Gasteiger partial charge in [-0.25, -0.2) is 9.35 Å². The Labute approximate surface area is 138 Å². The molecule has 3 rings (SSSR count). The van der Waals surface area contributed by atoms with E-state index in [1.165, 1.54) is 0 Å². The lowest BCUT2D eigenvalue weighted by Crippen LogP contribution is -2.03. The van der Waals surface area contributed by atoms with E-state index < -0.39 is 11.0 Å². The van der Waals surface area contributed by atoms with E-state index in [1.54, 1.807) is 12.1 Å². The molecule has 0 amide bonds. The molecule has 0 bridgehead atoms. The standard InChI is InChI=1S/C18H18N2O2S/c1-2-22-16-9-5-14(6-10-16)18-4-3-13-20(18)15-7-11-17(12-8-15)23(19)21/h3-13H,2,19H2,1H3. The third-order valence-electron chi connectivity index (χ3n) is 3.56. The largest absolute Gasteiger partial charge is 0.494 e. The van der Waals surface area contributed by atoms with E-state index in [-0.39, 0.29) is 0 Å². The first kappa shape index (κ1) is 15.5. The molecule has 3 aromatic rings. The fourth-order valence-electron chi connectivity index (χ4n) is 2.47. The summed E-state index contributed by atoms with van der Waals surface area (Å²) in [4.78, 5) is 0.614. The van der Waals surface area contributed by atoms with Crippen molar-refractivity contribution in [3.05, 3.63) is 66.9 Å². The topological polar surface area (TPSA) is 57.2 Å². The lowest BCUT2D eigenvalue weighted by molar-refractivity contribution is 0.340. The van der Waals surface area contributed by atoms with Gasteiger partial charge in [0.25, 0.3) is 0 Å². The number of hydrogen-bond acceptors (Lipinski definition) is 2. The van der Waals surface area contributed by atoms with Gasteiger partial charge in [0.1, 0.15) is 16.7 Å². The molecule has 2 N–H and O–H groups in total. The molecule has 1 aromatic heterocycles. The van der Waals surface area contributed by atoms with E-state index in [4.69, 9.17) is 9.88 Å². The van der Waals surface area contributed by atoms with Gasteiger partial charge in [-0.05, 0) is 73.2 Å². The van der Waals surface area contributed by atoms with Crippen molar-refractivity contribution < 1.29 is 8.95 Å². The fourth-order valence-corrected chi connectivity index (χ4v) is 2.88. The molecule has 118 valence electrons. The molecule has 0 aliphatic rings. The normalized spacial score (nSPS) is 12.1. The quantitative estimate of drug-likeness (QED) is 0.780. The molecule has 5 heteroatoms. The van der Waals surface area contributed by atoms with Crippen LogP contribution in [0.2, 0.25) is 0 Å². The van der Waals surface area contributed by atoms with Crippen LogP contribution in [0.1, 0.15) is 6.92 Å². The van der Waals surface area contributed by atoms with Gasteiger partial charge in [0, 0.05) is 11.9 Å². The van der Waals surface area contributed by atoms with Crippen molar-refractivity contribution in [3.8, 4) is 22.7 Å². The van der Waals surface area contributed by atoms with Crippen LogP contribution in [-0.2, 0) is 11.0 Å². The van der Waals surface area contributed by atoms with Gasteiger partial charge in [-0.1, -0.05) is 0 Å². The summed E-state index contributed by atoms with van der Waals surface area (Å²) in [5.74, 6) is 0.865. The van der Waals surface area contributed by atoms with Crippen molar-refractivity contribution in [1.82, 2.24) is 4.57 Å². The summed E-state index contributed by atoms with van der Waals surface area (Å²) >= 11 is 0. The number of aromatic nitrogens is 1. The van der Waals surface area contributed by atoms with Gasteiger partial charge < -0.3 is 9.30 Å². The summed E-state index contributed by atoms with van der Waals surface area (Å²) < 4.78 is 18.9. The highest BCUT2D eigenvalue weighted by Gasteiger charge is 2.07. The summed E-state index contributed by atoms with van der Waals surface area (Å²) in [7, 11) is -1.45. The van der Waals surface area contributed by atoms with Crippen molar-refractivity contribution in [2.24, 2.45) is 5.14 Å². The Balaban J connectivity index is 1.94. The van der Waals surface area contributed by atoms with Crippen LogP contribution in [0.5, 0.6) is 5.75 Å². The third kappa shape index (κ3) is 3.36. The smallest absolute Gasteiger partial charge is 0.122 e. The highest BCUT2D eigenvalue weighted by atomic mass is 32.2. The zero-order chi connectivity index (χ0) is 16.2. The molecular weight excluding hydrogens is 308 g/mol. The minimum atomic E-state index is -1.45. The molecule has 0 aliphatic heterocycles. The fraction of sp³-hybridized carbons (Fsp3) is 0.111. The summed E-state index contributed by atoms with van der Waals surface area (Å²) in [5.41, 5.74) is 3.17. The number of nitrogens with zero attached hydrogens (tertiary/aromatic N) is 1. The lowest BCUT2D eigenvalue weighted by atomic mass is 10.1. The molecule has 2 aromatic carbocycles. The van der Waals surface area contributed by atoms with E-state index in [2.05, 4.69) is 10.6 Å². The van der Waals surface area contributed by atoms with Crippen molar-refractivity contribution in [3.63, 3.8) is 0 Å². The van der Waals surface area contributed by atoms with Crippen molar-refractivity contribution >= 4 is 11.0 Å². The van der Waals surface area contributed by atoms with Gasteiger partial charge in [-0.3, -0.25) is 0 Å². The Morgan fingerprint density at radius 2 is 1.74 bits per heavy atom. The van der Waals surface area contributed by atoms with E-state index in [1.807, 2.05) is 55.6 Å². The molecule has 0 saturated heterocycles. The lowest BCUT2D eigenvalue weighted by Gasteiger charge is -2.11. The maximum absolute atomic E-state index is 11.3. The molecule has 4 nitrogen and oxygen atoms in total. The maximum atomic E-state index is 11.3. The Morgan fingerprint density at radius 3 is 2.35 bits per heavy atom. The molecule has 0 aliphatic carbocycles. The first-order chi connectivity index (χ1) is 11.2. The van der Waals surface area contributed by atoms with Crippen LogP contribution in [0.4, 0.5) is 0 Å². The summed E-state index contributed by atoms with van der Waals surface area (Å²) in [6.45, 7) is 2.63. The zero-order valence-corrected chi connectivity index (χ0v) is 13.6. The van der Waals surface area contributed by atoms with Gasteiger partial charge in [0.05, 0.1) is 17.2 Å². The van der Waals surface area contributed by atoms with Gasteiger partial charge >= 0.3 is 0 Å². The summed E-state index contributed by atoms with van der Waals surface area (Å²) in [5, 5.41) is 5.40. The molecule has 0 fully saturated rings. The average molecular weight is 326 g/mol. The molecule has 0 spiro atoms. The number of nitrogens with two attached hydrogens (primary N) is 1. The number of ether oxygens (including phenoxy) is 1. The molecule has 1 heterocycles. The highest BCUT2D eigenvalue weighted by molar-refractivity contribution is 7.82. The van der Waals surface area contributed by atoms with Crippen molar-refractivity contribution in [1.29, 1.82) is 0 Å². The molecule has 23 heavy (non-hydrogen) atoms. The monoisotopic (exact) mass is 326 g/mol. The second kappa shape index (κ2) is 6.81. The van der Waals surface area contributed by atoms with Gasteiger partial charge in [-0.2, -0.15) is 0 Å². The highest BCUT2D eigenvalue weighted by Crippen LogP contribution is 2.26. The Morgan fingerprint density at radius 1 is 1.04 bits per heavy atom. The Kier molecular flexibility index (Phi) is 4.60.